The number of hydrogen-bond donors (Lipinski definition) is 0. The van der Waals surface area contributed by atoms with Crippen LogP contribution in [0, 0.1) is 5.92 Å². The molecule has 1 unspecified atom stereocenters. The van der Waals surface area contributed by atoms with E-state index in [0.717, 1.165) is 35.5 Å². The predicted molar refractivity (Wildman–Crippen MR) is 155 cm³/mol. The molecule has 0 aliphatic rings. The molecule has 0 aliphatic heterocycles. The molecule has 206 valence electrons. The number of aromatic nitrogens is 2. The summed E-state index contributed by atoms with van der Waals surface area (Å²) in [6, 6.07) is 15.6. The Morgan fingerprint density at radius 2 is 1.18 bits per heavy atom. The van der Waals surface area contributed by atoms with E-state index in [4.69, 9.17) is 9.47 Å². The van der Waals surface area contributed by atoms with Crippen molar-refractivity contribution in [2.45, 2.75) is 91.2 Å². The fourth-order valence-corrected chi connectivity index (χ4v) is 4.44. The van der Waals surface area contributed by atoms with Crippen LogP contribution < -0.4 is 9.47 Å². The van der Waals surface area contributed by atoms with E-state index in [-0.39, 0.29) is 6.61 Å². The molecular formula is C33H45FN2O2. The van der Waals surface area contributed by atoms with Crippen molar-refractivity contribution in [3.05, 3.63) is 60.9 Å². The normalized spacial score (nSPS) is 12.0. The van der Waals surface area contributed by atoms with E-state index >= 15 is 0 Å². The highest BCUT2D eigenvalue weighted by atomic mass is 19.1. The third kappa shape index (κ3) is 10.8. The molecule has 5 heteroatoms. The number of benzene rings is 2. The van der Waals surface area contributed by atoms with Crippen LogP contribution in [0.2, 0.25) is 0 Å². The standard InChI is InChI=1S/C33H45FN2O2/c1-4-5-6-7-8-9-10-11-12-21-37-31-19-15-28(16-20-31)33-35-23-29(24-36-33)27-13-17-32(18-14-27)38-25-30(34)22-26(2)3/h13-20,23-24,26,30H,4-12,21-22,25H2,1-3H3. The molecule has 0 saturated heterocycles. The maximum absolute atomic E-state index is 13.9. The van der Waals surface area contributed by atoms with Gasteiger partial charge in [0.15, 0.2) is 5.82 Å². The highest BCUT2D eigenvalue weighted by Crippen LogP contribution is 2.24. The highest BCUT2D eigenvalue weighted by Gasteiger charge is 2.10. The van der Waals surface area contributed by atoms with E-state index in [9.17, 15) is 4.39 Å². The number of hydrogen-bond acceptors (Lipinski definition) is 4. The summed E-state index contributed by atoms with van der Waals surface area (Å²) in [7, 11) is 0. The van der Waals surface area contributed by atoms with Gasteiger partial charge < -0.3 is 9.47 Å². The summed E-state index contributed by atoms with van der Waals surface area (Å²) in [5.74, 6) is 2.55. The molecular weight excluding hydrogens is 475 g/mol. The number of ether oxygens (including phenoxy) is 2. The first-order chi connectivity index (χ1) is 18.5. The van der Waals surface area contributed by atoms with Crippen LogP contribution >= 0.6 is 0 Å². The molecule has 1 atom stereocenters. The van der Waals surface area contributed by atoms with Crippen LogP contribution in [0.1, 0.15) is 85.0 Å². The van der Waals surface area contributed by atoms with Gasteiger partial charge in [0.05, 0.1) is 6.61 Å². The van der Waals surface area contributed by atoms with E-state index in [1.165, 1.54) is 51.4 Å². The molecule has 0 saturated carbocycles. The van der Waals surface area contributed by atoms with Crippen molar-refractivity contribution in [3.8, 4) is 34.0 Å². The molecule has 1 aromatic heterocycles. The summed E-state index contributed by atoms with van der Waals surface area (Å²) in [6.07, 6.45) is 15.0. The van der Waals surface area contributed by atoms with Crippen molar-refractivity contribution in [3.63, 3.8) is 0 Å². The second-order valence-electron chi connectivity index (χ2n) is 10.6. The average Bonchev–Trinajstić information content (AvgIpc) is 2.93. The van der Waals surface area contributed by atoms with Crippen molar-refractivity contribution in [1.29, 1.82) is 0 Å². The molecule has 1 heterocycles. The number of halogens is 1. The first-order valence-electron chi connectivity index (χ1n) is 14.5. The SMILES string of the molecule is CCCCCCCCCCCOc1ccc(-c2ncc(-c3ccc(OCC(F)CC(C)C)cc3)cn2)cc1. The van der Waals surface area contributed by atoms with Gasteiger partial charge in [-0.2, -0.15) is 0 Å². The first kappa shape index (κ1) is 29.6. The van der Waals surface area contributed by atoms with Crippen LogP contribution in [0.3, 0.4) is 0 Å². The highest BCUT2D eigenvalue weighted by molar-refractivity contribution is 5.64. The van der Waals surface area contributed by atoms with E-state index < -0.39 is 6.17 Å². The Hall–Kier alpha value is -2.95. The Balaban J connectivity index is 1.39. The Kier molecular flexibility index (Phi) is 13.1. The minimum Gasteiger partial charge on any atom is -0.494 e. The molecule has 2 aromatic carbocycles. The fourth-order valence-electron chi connectivity index (χ4n) is 4.44. The smallest absolute Gasteiger partial charge is 0.159 e. The van der Waals surface area contributed by atoms with E-state index in [0.29, 0.717) is 23.9 Å². The summed E-state index contributed by atoms with van der Waals surface area (Å²) in [5, 5.41) is 0. The van der Waals surface area contributed by atoms with Gasteiger partial charge in [0.1, 0.15) is 24.3 Å². The number of rotatable bonds is 18. The van der Waals surface area contributed by atoms with E-state index in [1.54, 1.807) is 0 Å². The Labute approximate surface area is 229 Å². The molecule has 0 fully saturated rings. The molecule has 0 amide bonds. The third-order valence-electron chi connectivity index (χ3n) is 6.63. The average molecular weight is 521 g/mol. The number of alkyl halides is 1. The molecule has 3 rings (SSSR count). The third-order valence-corrected chi connectivity index (χ3v) is 6.63. The Bertz CT molecular complexity index is 1020. The van der Waals surface area contributed by atoms with Gasteiger partial charge in [-0.3, -0.25) is 0 Å². The maximum atomic E-state index is 13.9. The fraction of sp³-hybridized carbons (Fsp3) is 0.515. The molecule has 0 N–H and O–H groups in total. The first-order valence-corrected chi connectivity index (χ1v) is 14.5. The lowest BCUT2D eigenvalue weighted by atomic mass is 10.1. The monoisotopic (exact) mass is 520 g/mol. The van der Waals surface area contributed by atoms with Gasteiger partial charge in [0.2, 0.25) is 0 Å². The topological polar surface area (TPSA) is 44.2 Å². The predicted octanol–water partition coefficient (Wildman–Crippen LogP) is 9.48. The van der Waals surface area contributed by atoms with Gasteiger partial charge in [-0.05, 0) is 60.7 Å². The Morgan fingerprint density at radius 3 is 1.76 bits per heavy atom. The van der Waals surface area contributed by atoms with Crippen LogP contribution in [-0.2, 0) is 0 Å². The van der Waals surface area contributed by atoms with Crippen LogP contribution in [0.5, 0.6) is 11.5 Å². The number of nitrogens with zero attached hydrogens (tertiary/aromatic N) is 2. The molecule has 3 aromatic rings. The zero-order valence-corrected chi connectivity index (χ0v) is 23.5. The number of unbranched alkanes of at least 4 members (excludes halogenated alkanes) is 8. The lowest BCUT2D eigenvalue weighted by Gasteiger charge is -2.12. The van der Waals surface area contributed by atoms with Crippen LogP contribution in [0.25, 0.3) is 22.5 Å². The van der Waals surface area contributed by atoms with Crippen molar-refractivity contribution in [2.24, 2.45) is 5.92 Å². The van der Waals surface area contributed by atoms with Crippen LogP contribution in [0.15, 0.2) is 60.9 Å². The molecule has 38 heavy (non-hydrogen) atoms. The molecule has 0 bridgehead atoms. The second kappa shape index (κ2) is 16.8. The van der Waals surface area contributed by atoms with Crippen molar-refractivity contribution in [2.75, 3.05) is 13.2 Å². The van der Waals surface area contributed by atoms with Gasteiger partial charge >= 0.3 is 0 Å². The van der Waals surface area contributed by atoms with Gasteiger partial charge in [0.25, 0.3) is 0 Å². The molecule has 0 radical (unpaired) electrons. The molecule has 0 spiro atoms. The minimum absolute atomic E-state index is 0.0818. The Morgan fingerprint density at radius 1 is 0.658 bits per heavy atom. The van der Waals surface area contributed by atoms with Crippen LogP contribution in [0.4, 0.5) is 4.39 Å². The summed E-state index contributed by atoms with van der Waals surface area (Å²) in [6.45, 7) is 7.13. The lowest BCUT2D eigenvalue weighted by Crippen LogP contribution is -2.15. The van der Waals surface area contributed by atoms with E-state index in [1.807, 2.05) is 74.8 Å². The van der Waals surface area contributed by atoms with Crippen molar-refractivity contribution < 1.29 is 13.9 Å². The zero-order chi connectivity index (χ0) is 27.0. The maximum Gasteiger partial charge on any atom is 0.159 e. The second-order valence-corrected chi connectivity index (χ2v) is 10.6. The van der Waals surface area contributed by atoms with Gasteiger partial charge in [-0.15, -0.1) is 0 Å². The molecule has 0 aliphatic carbocycles. The minimum atomic E-state index is -0.948. The van der Waals surface area contributed by atoms with Gasteiger partial charge in [-0.1, -0.05) is 84.3 Å². The van der Waals surface area contributed by atoms with E-state index in [2.05, 4.69) is 16.9 Å². The van der Waals surface area contributed by atoms with Crippen molar-refractivity contribution >= 4 is 0 Å². The summed E-state index contributed by atoms with van der Waals surface area (Å²) in [5.41, 5.74) is 2.87. The summed E-state index contributed by atoms with van der Waals surface area (Å²) >= 11 is 0. The zero-order valence-electron chi connectivity index (χ0n) is 23.5. The van der Waals surface area contributed by atoms with Crippen LogP contribution in [-0.4, -0.2) is 29.4 Å². The quantitative estimate of drug-likeness (QED) is 0.157. The molecule has 4 nitrogen and oxygen atoms in total. The largest absolute Gasteiger partial charge is 0.494 e. The summed E-state index contributed by atoms with van der Waals surface area (Å²) in [4.78, 5) is 9.12. The lowest BCUT2D eigenvalue weighted by molar-refractivity contribution is 0.174. The van der Waals surface area contributed by atoms with Gasteiger partial charge in [-0.25, -0.2) is 14.4 Å². The summed E-state index contributed by atoms with van der Waals surface area (Å²) < 4.78 is 25.4. The van der Waals surface area contributed by atoms with Crippen molar-refractivity contribution in [1.82, 2.24) is 9.97 Å². The van der Waals surface area contributed by atoms with Gasteiger partial charge in [0, 0.05) is 23.5 Å².